The second-order valence-electron chi connectivity index (χ2n) is 3.15. The fraction of sp³-hybridized carbons (Fsp3) is 0.700. The quantitative estimate of drug-likeness (QED) is 0.469. The number of aliphatic carboxylic acids is 1. The first-order valence-corrected chi connectivity index (χ1v) is 4.73. The number of nitrogens with one attached hydrogen (secondary N) is 1. The summed E-state index contributed by atoms with van der Waals surface area (Å²) in [6, 6.07) is 0. The Morgan fingerprint density at radius 3 is 2.62 bits per heavy atom. The summed E-state index contributed by atoms with van der Waals surface area (Å²) in [5, 5.41) is 11.6. The molecule has 0 unspecified atom stereocenters. The predicted octanol–water partition coefficient (Wildman–Crippen LogP) is 1.80. The van der Waals surface area contributed by atoms with Gasteiger partial charge in [-0.25, -0.2) is 4.79 Å². The van der Waals surface area contributed by atoms with Crippen LogP contribution in [-0.4, -0.2) is 24.7 Å². The minimum absolute atomic E-state index is 0.452. The maximum Gasteiger partial charge on any atom is 0.330 e. The van der Waals surface area contributed by atoms with Crippen LogP contribution >= 0.6 is 0 Å². The maximum absolute atomic E-state index is 10.4. The first kappa shape index (κ1) is 12.2. The maximum atomic E-state index is 10.4. The van der Waals surface area contributed by atoms with Gasteiger partial charge in [-0.05, 0) is 39.8 Å². The number of carboxylic acids is 1. The summed E-state index contributed by atoms with van der Waals surface area (Å²) in [5.41, 5.74) is 0.452. The number of carbonyl (C=O) groups is 1. The van der Waals surface area contributed by atoms with Crippen molar-refractivity contribution in [3.8, 4) is 0 Å². The van der Waals surface area contributed by atoms with Crippen molar-refractivity contribution >= 4 is 5.97 Å². The van der Waals surface area contributed by atoms with E-state index in [2.05, 4.69) is 5.32 Å². The van der Waals surface area contributed by atoms with Crippen molar-refractivity contribution in [1.82, 2.24) is 5.32 Å². The van der Waals surface area contributed by atoms with Crippen LogP contribution in [0, 0.1) is 0 Å². The minimum Gasteiger partial charge on any atom is -0.478 e. The van der Waals surface area contributed by atoms with Crippen molar-refractivity contribution in [1.29, 1.82) is 0 Å². The largest absolute Gasteiger partial charge is 0.478 e. The van der Waals surface area contributed by atoms with Gasteiger partial charge in [-0.2, -0.15) is 0 Å². The summed E-state index contributed by atoms with van der Waals surface area (Å²) < 4.78 is 0. The molecule has 3 nitrogen and oxygen atoms in total. The molecule has 3 heteroatoms. The monoisotopic (exact) mass is 185 g/mol. The predicted molar refractivity (Wildman–Crippen MR) is 53.8 cm³/mol. The van der Waals surface area contributed by atoms with Gasteiger partial charge in [0.05, 0.1) is 0 Å². The second kappa shape index (κ2) is 7.80. The second-order valence-corrected chi connectivity index (χ2v) is 3.15. The number of unbranched alkanes of at least 4 members (excludes halogenated alkanes) is 3. The molecule has 0 spiro atoms. The lowest BCUT2D eigenvalue weighted by atomic mass is 10.1. The van der Waals surface area contributed by atoms with Crippen LogP contribution in [0.2, 0.25) is 0 Å². The average Bonchev–Trinajstić information content (AvgIpc) is 2.10. The molecule has 2 N–H and O–H groups in total. The number of rotatable bonds is 7. The van der Waals surface area contributed by atoms with Gasteiger partial charge in [-0.3, -0.25) is 0 Å². The van der Waals surface area contributed by atoms with Gasteiger partial charge in [0, 0.05) is 5.57 Å². The topological polar surface area (TPSA) is 49.3 Å². The fourth-order valence-electron chi connectivity index (χ4n) is 1.03. The molecule has 0 aliphatic heterocycles. The van der Waals surface area contributed by atoms with Crippen LogP contribution in [0.15, 0.2) is 11.6 Å². The Kier molecular flexibility index (Phi) is 7.30. The van der Waals surface area contributed by atoms with Gasteiger partial charge < -0.3 is 10.4 Å². The molecular weight excluding hydrogens is 166 g/mol. The van der Waals surface area contributed by atoms with Crippen molar-refractivity contribution in [2.75, 3.05) is 13.6 Å². The van der Waals surface area contributed by atoms with E-state index in [1.165, 1.54) is 0 Å². The van der Waals surface area contributed by atoms with E-state index in [0.29, 0.717) is 5.57 Å². The highest BCUT2D eigenvalue weighted by Crippen LogP contribution is 2.03. The van der Waals surface area contributed by atoms with E-state index in [0.717, 1.165) is 32.2 Å². The van der Waals surface area contributed by atoms with Crippen molar-refractivity contribution in [2.45, 2.75) is 32.6 Å². The molecule has 0 aromatic carbocycles. The summed E-state index contributed by atoms with van der Waals surface area (Å²) >= 11 is 0. The number of hydrogen-bond acceptors (Lipinski definition) is 2. The molecule has 0 saturated heterocycles. The molecule has 0 amide bonds. The fourth-order valence-corrected chi connectivity index (χ4v) is 1.03. The van der Waals surface area contributed by atoms with Crippen LogP contribution in [-0.2, 0) is 4.79 Å². The third kappa shape index (κ3) is 7.53. The van der Waals surface area contributed by atoms with Crippen LogP contribution in [0.1, 0.15) is 32.6 Å². The van der Waals surface area contributed by atoms with Crippen LogP contribution in [0.3, 0.4) is 0 Å². The van der Waals surface area contributed by atoms with Crippen LogP contribution < -0.4 is 5.32 Å². The van der Waals surface area contributed by atoms with E-state index in [1.54, 1.807) is 13.0 Å². The third-order valence-electron chi connectivity index (χ3n) is 1.92. The summed E-state index contributed by atoms with van der Waals surface area (Å²) in [5.74, 6) is -0.810. The van der Waals surface area contributed by atoms with E-state index in [9.17, 15) is 4.79 Å². The zero-order valence-corrected chi connectivity index (χ0v) is 8.47. The van der Waals surface area contributed by atoms with E-state index < -0.39 is 5.97 Å². The molecule has 0 aromatic rings. The summed E-state index contributed by atoms with van der Waals surface area (Å²) in [4.78, 5) is 10.4. The molecule has 0 atom stereocenters. The van der Waals surface area contributed by atoms with Crippen molar-refractivity contribution in [2.24, 2.45) is 0 Å². The average molecular weight is 185 g/mol. The molecule has 0 bridgehead atoms. The van der Waals surface area contributed by atoms with Crippen molar-refractivity contribution in [3.05, 3.63) is 11.6 Å². The van der Waals surface area contributed by atoms with Gasteiger partial charge in [0.1, 0.15) is 0 Å². The number of hydrogen-bond donors (Lipinski definition) is 2. The standard InChI is InChI=1S/C10H19NO2/c1-9(10(12)13)7-5-3-4-6-8-11-2/h7,11H,3-6,8H2,1-2H3,(H,12,13). The first-order chi connectivity index (χ1) is 6.18. The zero-order valence-electron chi connectivity index (χ0n) is 8.47. The molecule has 13 heavy (non-hydrogen) atoms. The molecule has 0 aromatic heterocycles. The van der Waals surface area contributed by atoms with Gasteiger partial charge in [0.2, 0.25) is 0 Å². The Morgan fingerprint density at radius 2 is 2.08 bits per heavy atom. The Morgan fingerprint density at radius 1 is 1.38 bits per heavy atom. The molecule has 0 rings (SSSR count). The summed E-state index contributed by atoms with van der Waals surface area (Å²) in [6.45, 7) is 2.68. The Bertz CT molecular complexity index is 176. The van der Waals surface area contributed by atoms with Crippen LogP contribution in [0.4, 0.5) is 0 Å². The van der Waals surface area contributed by atoms with Gasteiger partial charge in [-0.15, -0.1) is 0 Å². The zero-order chi connectivity index (χ0) is 10.1. The smallest absolute Gasteiger partial charge is 0.330 e. The Balaban J connectivity index is 3.34. The summed E-state index contributed by atoms with van der Waals surface area (Å²) in [6.07, 6.45) is 6.07. The normalized spacial score (nSPS) is 11.7. The molecule has 0 fully saturated rings. The van der Waals surface area contributed by atoms with E-state index in [-0.39, 0.29) is 0 Å². The third-order valence-corrected chi connectivity index (χ3v) is 1.92. The molecular formula is C10H19NO2. The lowest BCUT2D eigenvalue weighted by Crippen LogP contribution is -2.06. The molecule has 0 aliphatic carbocycles. The first-order valence-electron chi connectivity index (χ1n) is 4.73. The molecule has 0 saturated carbocycles. The lowest BCUT2D eigenvalue weighted by Gasteiger charge is -1.98. The molecule has 0 heterocycles. The van der Waals surface area contributed by atoms with Gasteiger partial charge in [0.15, 0.2) is 0 Å². The highest BCUT2D eigenvalue weighted by molar-refractivity contribution is 5.85. The van der Waals surface area contributed by atoms with Gasteiger partial charge in [-0.1, -0.05) is 12.5 Å². The minimum atomic E-state index is -0.810. The van der Waals surface area contributed by atoms with Crippen molar-refractivity contribution in [3.63, 3.8) is 0 Å². The molecule has 0 aliphatic rings. The highest BCUT2D eigenvalue weighted by Gasteiger charge is 1.97. The van der Waals surface area contributed by atoms with E-state index >= 15 is 0 Å². The van der Waals surface area contributed by atoms with Crippen LogP contribution in [0.25, 0.3) is 0 Å². The summed E-state index contributed by atoms with van der Waals surface area (Å²) in [7, 11) is 1.94. The highest BCUT2D eigenvalue weighted by atomic mass is 16.4. The van der Waals surface area contributed by atoms with Crippen LogP contribution in [0.5, 0.6) is 0 Å². The van der Waals surface area contributed by atoms with Crippen molar-refractivity contribution < 1.29 is 9.90 Å². The molecule has 0 radical (unpaired) electrons. The SMILES string of the molecule is CNCCCCCC=C(C)C(=O)O. The van der Waals surface area contributed by atoms with E-state index in [4.69, 9.17) is 5.11 Å². The van der Waals surface area contributed by atoms with Gasteiger partial charge >= 0.3 is 5.97 Å². The lowest BCUT2D eigenvalue weighted by molar-refractivity contribution is -0.132. The Labute approximate surface area is 79.8 Å². The van der Waals surface area contributed by atoms with E-state index in [1.807, 2.05) is 7.05 Å². The Hall–Kier alpha value is -0.830. The van der Waals surface area contributed by atoms with Gasteiger partial charge in [0.25, 0.3) is 0 Å². The number of carboxylic acid groups (broad SMARTS) is 1. The number of allylic oxidation sites excluding steroid dienone is 1. The molecule has 76 valence electrons.